The van der Waals surface area contributed by atoms with Gasteiger partial charge < -0.3 is 4.74 Å². The predicted molar refractivity (Wildman–Crippen MR) is 73.7 cm³/mol. The van der Waals surface area contributed by atoms with Crippen LogP contribution in [0.15, 0.2) is 10.5 Å². The van der Waals surface area contributed by atoms with Gasteiger partial charge >= 0.3 is 0 Å². The van der Waals surface area contributed by atoms with Gasteiger partial charge in [0.2, 0.25) is 0 Å². The Labute approximate surface area is 114 Å². The quantitative estimate of drug-likeness (QED) is 0.769. The number of thiophene rings is 1. The molecule has 1 aromatic rings. The van der Waals surface area contributed by atoms with Gasteiger partial charge in [0.05, 0.1) is 23.0 Å². The van der Waals surface area contributed by atoms with Crippen LogP contribution in [0.1, 0.15) is 35.3 Å². The van der Waals surface area contributed by atoms with Crippen molar-refractivity contribution in [2.75, 3.05) is 0 Å². The molecule has 1 aromatic heterocycles. The third-order valence-electron chi connectivity index (χ3n) is 3.58. The van der Waals surface area contributed by atoms with E-state index in [0.29, 0.717) is 0 Å². The summed E-state index contributed by atoms with van der Waals surface area (Å²) in [5, 5.41) is 0. The number of rotatable bonds is 2. The van der Waals surface area contributed by atoms with Crippen molar-refractivity contribution in [1.29, 1.82) is 0 Å². The summed E-state index contributed by atoms with van der Waals surface area (Å²) in [6.07, 6.45) is 0.181. The first-order valence-corrected chi connectivity index (χ1v) is 7.48. The number of ketones is 1. The summed E-state index contributed by atoms with van der Waals surface area (Å²) >= 11 is 5.03. The molecule has 1 saturated heterocycles. The van der Waals surface area contributed by atoms with Gasteiger partial charge in [0.1, 0.15) is 0 Å². The highest BCUT2D eigenvalue weighted by molar-refractivity contribution is 9.10. The fourth-order valence-corrected chi connectivity index (χ4v) is 4.35. The van der Waals surface area contributed by atoms with E-state index in [1.807, 2.05) is 26.8 Å². The van der Waals surface area contributed by atoms with E-state index in [4.69, 9.17) is 4.74 Å². The van der Waals surface area contributed by atoms with Gasteiger partial charge in [0.15, 0.2) is 5.78 Å². The first-order chi connectivity index (χ1) is 7.91. The number of hydrogen-bond acceptors (Lipinski definition) is 3. The van der Waals surface area contributed by atoms with Gasteiger partial charge in [-0.3, -0.25) is 4.79 Å². The molecule has 0 radical (unpaired) electrons. The second-order valence-corrected chi connectivity index (χ2v) is 6.94. The summed E-state index contributed by atoms with van der Waals surface area (Å²) in [6.45, 7) is 8.16. The summed E-state index contributed by atoms with van der Waals surface area (Å²) in [5.41, 5.74) is 0. The van der Waals surface area contributed by atoms with E-state index in [1.54, 1.807) is 11.3 Å². The normalized spacial score (nSPS) is 33.0. The van der Waals surface area contributed by atoms with Crippen LogP contribution < -0.4 is 0 Å². The van der Waals surface area contributed by atoms with Gasteiger partial charge in [0.25, 0.3) is 0 Å². The average Bonchev–Trinajstić information content (AvgIpc) is 2.68. The molecule has 2 heterocycles. The van der Waals surface area contributed by atoms with Gasteiger partial charge in [-0.05, 0) is 48.7 Å². The van der Waals surface area contributed by atoms with Crippen LogP contribution in [-0.4, -0.2) is 18.0 Å². The standard InChI is InChI=1S/C13H17BrO2S/c1-6-5-10(14)13(17-6)12(15)11-7(2)8(3)16-9(11)4/h5,7-9,11H,1-4H3. The minimum Gasteiger partial charge on any atom is -0.374 e. The molecular weight excluding hydrogens is 300 g/mol. The molecule has 0 N–H and O–H groups in total. The lowest BCUT2D eigenvalue weighted by atomic mass is 9.85. The lowest BCUT2D eigenvalue weighted by Gasteiger charge is -2.16. The van der Waals surface area contributed by atoms with E-state index in [1.165, 1.54) is 0 Å². The maximum absolute atomic E-state index is 12.5. The monoisotopic (exact) mass is 316 g/mol. The Balaban J connectivity index is 2.29. The number of ether oxygens (including phenoxy) is 1. The van der Waals surface area contributed by atoms with Crippen LogP contribution in [-0.2, 0) is 4.74 Å². The van der Waals surface area contributed by atoms with Crippen LogP contribution >= 0.6 is 27.3 Å². The van der Waals surface area contributed by atoms with Crippen molar-refractivity contribution in [2.24, 2.45) is 11.8 Å². The smallest absolute Gasteiger partial charge is 0.179 e. The fourth-order valence-electron chi connectivity index (χ4n) is 2.52. The van der Waals surface area contributed by atoms with Gasteiger partial charge in [-0.1, -0.05) is 6.92 Å². The van der Waals surface area contributed by atoms with E-state index in [-0.39, 0.29) is 29.8 Å². The molecule has 4 atom stereocenters. The highest BCUT2D eigenvalue weighted by atomic mass is 79.9. The molecule has 94 valence electrons. The molecule has 1 fully saturated rings. The lowest BCUT2D eigenvalue weighted by Crippen LogP contribution is -2.26. The maximum Gasteiger partial charge on any atom is 0.179 e. The molecule has 0 spiro atoms. The van der Waals surface area contributed by atoms with Crippen molar-refractivity contribution in [2.45, 2.75) is 39.9 Å². The van der Waals surface area contributed by atoms with Crippen LogP contribution in [0.2, 0.25) is 0 Å². The molecule has 1 aliphatic heterocycles. The second-order valence-electron chi connectivity index (χ2n) is 4.83. The van der Waals surface area contributed by atoms with Gasteiger partial charge in [-0.25, -0.2) is 0 Å². The Morgan fingerprint density at radius 2 is 2.00 bits per heavy atom. The largest absolute Gasteiger partial charge is 0.374 e. The molecule has 4 unspecified atom stereocenters. The minimum absolute atomic E-state index is 0.0145. The number of Topliss-reactive ketones (excluding diaryl/α,β-unsaturated/α-hetero) is 1. The molecule has 0 bridgehead atoms. The van der Waals surface area contributed by atoms with Crippen molar-refractivity contribution in [3.05, 3.63) is 20.3 Å². The fraction of sp³-hybridized carbons (Fsp3) is 0.615. The minimum atomic E-state index is -0.0145. The maximum atomic E-state index is 12.5. The Hall–Kier alpha value is -0.190. The van der Waals surface area contributed by atoms with Crippen molar-refractivity contribution < 1.29 is 9.53 Å². The van der Waals surface area contributed by atoms with Crippen LogP contribution in [0, 0.1) is 18.8 Å². The van der Waals surface area contributed by atoms with Gasteiger partial charge in [-0.15, -0.1) is 11.3 Å². The van der Waals surface area contributed by atoms with E-state index in [0.717, 1.165) is 14.2 Å². The van der Waals surface area contributed by atoms with Crippen molar-refractivity contribution in [3.8, 4) is 0 Å². The molecule has 2 rings (SSSR count). The molecular formula is C13H17BrO2S. The number of aryl methyl sites for hydroxylation is 1. The summed E-state index contributed by atoms with van der Waals surface area (Å²) < 4.78 is 6.66. The van der Waals surface area contributed by atoms with Crippen LogP contribution in [0.3, 0.4) is 0 Å². The van der Waals surface area contributed by atoms with Gasteiger partial charge in [-0.2, -0.15) is 0 Å². The third-order valence-corrected chi connectivity index (χ3v) is 5.53. The predicted octanol–water partition coefficient (Wildman–Crippen LogP) is 4.06. The Morgan fingerprint density at radius 3 is 2.41 bits per heavy atom. The zero-order valence-corrected chi connectivity index (χ0v) is 12.9. The van der Waals surface area contributed by atoms with E-state index in [2.05, 4.69) is 22.9 Å². The van der Waals surface area contributed by atoms with Crippen molar-refractivity contribution >= 4 is 33.0 Å². The molecule has 2 nitrogen and oxygen atoms in total. The zero-order chi connectivity index (χ0) is 12.7. The van der Waals surface area contributed by atoms with Crippen LogP contribution in [0.25, 0.3) is 0 Å². The summed E-state index contributed by atoms with van der Waals surface area (Å²) in [6, 6.07) is 2.01. The third kappa shape index (κ3) is 2.35. The number of carbonyl (C=O) groups is 1. The number of halogens is 1. The second kappa shape index (κ2) is 4.82. The first kappa shape index (κ1) is 13.2. The van der Waals surface area contributed by atoms with Crippen molar-refractivity contribution in [3.63, 3.8) is 0 Å². The Kier molecular flexibility index (Phi) is 3.76. The highest BCUT2D eigenvalue weighted by Crippen LogP contribution is 2.38. The molecule has 0 amide bonds. The summed E-state index contributed by atoms with van der Waals surface area (Å²) in [5.74, 6) is 0.491. The lowest BCUT2D eigenvalue weighted by molar-refractivity contribution is 0.0492. The molecule has 0 saturated carbocycles. The summed E-state index contributed by atoms with van der Waals surface area (Å²) in [7, 11) is 0. The topological polar surface area (TPSA) is 26.3 Å². The first-order valence-electron chi connectivity index (χ1n) is 5.87. The summed E-state index contributed by atoms with van der Waals surface area (Å²) in [4.78, 5) is 14.5. The molecule has 1 aliphatic rings. The molecule has 17 heavy (non-hydrogen) atoms. The van der Waals surface area contributed by atoms with Crippen molar-refractivity contribution in [1.82, 2.24) is 0 Å². The van der Waals surface area contributed by atoms with Crippen LogP contribution in [0.5, 0.6) is 0 Å². The van der Waals surface area contributed by atoms with E-state index >= 15 is 0 Å². The number of hydrogen-bond donors (Lipinski definition) is 0. The number of carbonyl (C=O) groups excluding carboxylic acids is 1. The van der Waals surface area contributed by atoms with Crippen LogP contribution in [0.4, 0.5) is 0 Å². The zero-order valence-electron chi connectivity index (χ0n) is 10.5. The van der Waals surface area contributed by atoms with E-state index < -0.39 is 0 Å². The van der Waals surface area contributed by atoms with Gasteiger partial charge in [0, 0.05) is 9.35 Å². The molecule has 0 aromatic carbocycles. The Bertz CT molecular complexity index is 441. The highest BCUT2D eigenvalue weighted by Gasteiger charge is 2.42. The molecule has 4 heteroatoms. The SMILES string of the molecule is Cc1cc(Br)c(C(=O)C2C(C)OC(C)C2C)s1. The average molecular weight is 317 g/mol. The van der Waals surface area contributed by atoms with E-state index in [9.17, 15) is 4.79 Å². The Morgan fingerprint density at radius 1 is 1.35 bits per heavy atom. The molecule has 0 aliphatic carbocycles.